The van der Waals surface area contributed by atoms with Crippen LogP contribution in [0.2, 0.25) is 0 Å². The van der Waals surface area contributed by atoms with Gasteiger partial charge >= 0.3 is 25.6 Å². The van der Waals surface area contributed by atoms with E-state index in [9.17, 15) is 4.57 Å². The second kappa shape index (κ2) is 7.51. The molecule has 0 saturated heterocycles. The molecule has 0 aliphatic carbocycles. The molecule has 0 N–H and O–H groups in total. The summed E-state index contributed by atoms with van der Waals surface area (Å²) in [5, 5.41) is 0. The maximum absolute atomic E-state index is 9.99. The van der Waals surface area contributed by atoms with Crippen molar-refractivity contribution in [1.82, 2.24) is 0 Å². The molecule has 0 fully saturated rings. The molecule has 46 valence electrons. The van der Waals surface area contributed by atoms with Crippen LogP contribution < -0.4 is 0 Å². The predicted molar refractivity (Wildman–Crippen MR) is 22.7 cm³/mol. The summed E-state index contributed by atoms with van der Waals surface area (Å²) in [5.74, 6) is 0. The molecule has 0 radical (unpaired) electrons. The monoisotopic (exact) mass is 177 g/mol. The minimum absolute atomic E-state index is 0. The standard InChI is InChI=1S/C2H6O4P.Cr/c1-4-6-7(3)5-2;/h1-2H3;/q+1;+2. The molecule has 0 aromatic rings. The van der Waals surface area contributed by atoms with Gasteiger partial charge in [0.1, 0.15) is 0 Å². The van der Waals surface area contributed by atoms with Crippen LogP contribution in [0, 0.1) is 0 Å². The van der Waals surface area contributed by atoms with Gasteiger partial charge in [0.15, 0.2) is 0 Å². The molecule has 1 atom stereocenters. The van der Waals surface area contributed by atoms with Gasteiger partial charge in [-0.15, -0.1) is 4.52 Å². The molecule has 0 aromatic heterocycles. The van der Waals surface area contributed by atoms with Gasteiger partial charge in [-0.3, -0.25) is 0 Å². The van der Waals surface area contributed by atoms with E-state index in [0.29, 0.717) is 0 Å². The zero-order valence-corrected chi connectivity index (χ0v) is 6.66. The zero-order chi connectivity index (χ0) is 5.70. The van der Waals surface area contributed by atoms with Crippen molar-refractivity contribution in [3.63, 3.8) is 0 Å². The molecule has 6 heteroatoms. The zero-order valence-electron chi connectivity index (χ0n) is 4.49. The second-order valence-electron chi connectivity index (χ2n) is 0.647. The van der Waals surface area contributed by atoms with E-state index in [0.717, 1.165) is 0 Å². The van der Waals surface area contributed by atoms with Gasteiger partial charge in [-0.05, 0) is 0 Å². The third kappa shape index (κ3) is 6.51. The van der Waals surface area contributed by atoms with Crippen LogP contribution in [-0.2, 0) is 36.0 Å². The van der Waals surface area contributed by atoms with Crippen molar-refractivity contribution in [2.75, 3.05) is 14.2 Å². The van der Waals surface area contributed by atoms with Crippen LogP contribution in [0.3, 0.4) is 0 Å². The van der Waals surface area contributed by atoms with Crippen LogP contribution in [0.4, 0.5) is 0 Å². The molecule has 0 saturated carbocycles. The third-order valence-electron chi connectivity index (χ3n) is 0.284. The Morgan fingerprint density at radius 3 is 2.00 bits per heavy atom. The van der Waals surface area contributed by atoms with Gasteiger partial charge < -0.3 is 0 Å². The van der Waals surface area contributed by atoms with Gasteiger partial charge in [0, 0.05) is 4.57 Å². The van der Waals surface area contributed by atoms with Crippen LogP contribution in [0.15, 0.2) is 0 Å². The number of hydrogen-bond donors (Lipinski definition) is 0. The minimum atomic E-state index is -2.05. The van der Waals surface area contributed by atoms with Crippen molar-refractivity contribution in [2.24, 2.45) is 0 Å². The fourth-order valence-electron chi connectivity index (χ4n) is 0.0913. The molecule has 0 amide bonds. The fraction of sp³-hybridized carbons (Fsp3) is 1.00. The normalized spacial score (nSPS) is 10.0. The topological polar surface area (TPSA) is 44.8 Å². The predicted octanol–water partition coefficient (Wildman–Crippen LogP) is 0.866. The molecular weight excluding hydrogens is 171 g/mol. The van der Waals surface area contributed by atoms with E-state index in [-0.39, 0.29) is 17.4 Å². The average molecular weight is 177 g/mol. The summed E-state index contributed by atoms with van der Waals surface area (Å²) in [5.41, 5.74) is 0. The number of rotatable bonds is 3. The molecule has 0 heterocycles. The fourth-order valence-corrected chi connectivity index (χ4v) is 0.274. The molecule has 0 aliphatic rings. The maximum Gasteiger partial charge on any atom is 2.00 e. The molecule has 4 nitrogen and oxygen atoms in total. The molecule has 0 spiro atoms. The maximum atomic E-state index is 9.99. The Kier molecular flexibility index (Phi) is 10.6. The van der Waals surface area contributed by atoms with Gasteiger partial charge in [0.25, 0.3) is 0 Å². The Bertz CT molecular complexity index is 67.1. The summed E-state index contributed by atoms with van der Waals surface area (Å²) >= 11 is 0. The van der Waals surface area contributed by atoms with Crippen molar-refractivity contribution in [2.45, 2.75) is 0 Å². The molecule has 0 bridgehead atoms. The van der Waals surface area contributed by atoms with Crippen LogP contribution in [0.25, 0.3) is 0 Å². The average Bonchev–Trinajstić information content (AvgIpc) is 1.68. The smallest absolute Gasteiger partial charge is 0.191 e. The summed E-state index contributed by atoms with van der Waals surface area (Å²) in [6.07, 6.45) is 0. The first kappa shape index (κ1) is 11.3. The van der Waals surface area contributed by atoms with Gasteiger partial charge in [-0.25, -0.2) is 0 Å². The van der Waals surface area contributed by atoms with E-state index < -0.39 is 8.25 Å². The van der Waals surface area contributed by atoms with E-state index in [4.69, 9.17) is 0 Å². The Morgan fingerprint density at radius 2 is 1.88 bits per heavy atom. The quantitative estimate of drug-likeness (QED) is 0.364. The summed E-state index contributed by atoms with van der Waals surface area (Å²) in [4.78, 5) is 3.99. The summed E-state index contributed by atoms with van der Waals surface area (Å²) in [6, 6.07) is 0. The van der Waals surface area contributed by atoms with Crippen molar-refractivity contribution in [3.05, 3.63) is 0 Å². The van der Waals surface area contributed by atoms with E-state index >= 15 is 0 Å². The Labute approximate surface area is 59.1 Å². The van der Waals surface area contributed by atoms with Gasteiger partial charge in [-0.1, -0.05) is 0 Å². The molecular formula is C2H6CrO4P+3. The van der Waals surface area contributed by atoms with Crippen molar-refractivity contribution < 1.29 is 36.0 Å². The molecule has 8 heavy (non-hydrogen) atoms. The van der Waals surface area contributed by atoms with Crippen LogP contribution in [0.5, 0.6) is 0 Å². The Hall–Kier alpha value is 0.512. The van der Waals surface area contributed by atoms with E-state index in [1.165, 1.54) is 14.2 Å². The first-order valence-electron chi connectivity index (χ1n) is 1.53. The summed E-state index contributed by atoms with van der Waals surface area (Å²) in [6.45, 7) is 0. The molecule has 0 aliphatic heterocycles. The minimum Gasteiger partial charge on any atom is -0.191 e. The van der Waals surface area contributed by atoms with Gasteiger partial charge in [0.05, 0.1) is 18.9 Å². The third-order valence-corrected chi connectivity index (χ3v) is 0.853. The second-order valence-corrected chi connectivity index (χ2v) is 1.61. The van der Waals surface area contributed by atoms with Crippen LogP contribution in [0.1, 0.15) is 0 Å². The van der Waals surface area contributed by atoms with Gasteiger partial charge in [-0.2, -0.15) is 4.89 Å². The molecule has 0 aromatic carbocycles. The van der Waals surface area contributed by atoms with Crippen molar-refractivity contribution >= 4 is 8.25 Å². The first-order valence-corrected chi connectivity index (χ1v) is 2.63. The largest absolute Gasteiger partial charge is 2.00 e. The van der Waals surface area contributed by atoms with Crippen molar-refractivity contribution in [1.29, 1.82) is 0 Å². The van der Waals surface area contributed by atoms with E-state index in [1.807, 2.05) is 0 Å². The van der Waals surface area contributed by atoms with Crippen LogP contribution in [-0.4, -0.2) is 14.2 Å². The van der Waals surface area contributed by atoms with Gasteiger partial charge in [0.2, 0.25) is 0 Å². The number of hydrogen-bond acceptors (Lipinski definition) is 4. The van der Waals surface area contributed by atoms with Crippen LogP contribution >= 0.6 is 8.25 Å². The Balaban J connectivity index is 0. The summed E-state index contributed by atoms with van der Waals surface area (Å²) < 4.78 is 18.1. The first-order chi connectivity index (χ1) is 3.31. The SMILES string of the molecule is COO[P+](=O)OC.[Cr+2]. The summed E-state index contributed by atoms with van der Waals surface area (Å²) in [7, 11) is 0.467. The van der Waals surface area contributed by atoms with E-state index in [2.05, 4.69) is 14.1 Å². The van der Waals surface area contributed by atoms with Crippen molar-refractivity contribution in [3.8, 4) is 0 Å². The molecule has 1 unspecified atom stereocenters. The van der Waals surface area contributed by atoms with E-state index in [1.54, 1.807) is 0 Å². The molecule has 0 rings (SSSR count). The Morgan fingerprint density at radius 1 is 1.38 bits per heavy atom.